The van der Waals surface area contributed by atoms with Gasteiger partial charge in [0.1, 0.15) is 0 Å². The number of nitrogens with zero attached hydrogens (tertiary/aromatic N) is 2. The Morgan fingerprint density at radius 1 is 1.48 bits per heavy atom. The molecular formula is C15H28N4OS. The number of methoxy groups -OCH3 is 1. The van der Waals surface area contributed by atoms with Crippen molar-refractivity contribution >= 4 is 11.8 Å². The second-order valence-electron chi connectivity index (χ2n) is 5.63. The van der Waals surface area contributed by atoms with Crippen molar-refractivity contribution in [2.24, 2.45) is 5.84 Å². The molecule has 1 fully saturated rings. The van der Waals surface area contributed by atoms with Crippen LogP contribution in [-0.2, 0) is 6.54 Å². The number of rotatable bonds is 8. The van der Waals surface area contributed by atoms with E-state index in [0.29, 0.717) is 0 Å². The van der Waals surface area contributed by atoms with Crippen LogP contribution in [0.4, 0.5) is 0 Å². The van der Waals surface area contributed by atoms with E-state index in [2.05, 4.69) is 17.4 Å². The summed E-state index contributed by atoms with van der Waals surface area (Å²) in [6.45, 7) is 3.05. The number of hydrazine groups is 1. The van der Waals surface area contributed by atoms with E-state index in [0.717, 1.165) is 35.4 Å². The molecule has 1 unspecified atom stereocenters. The van der Waals surface area contributed by atoms with Crippen LogP contribution < -0.4 is 16.0 Å². The zero-order valence-electron chi connectivity index (χ0n) is 13.2. The van der Waals surface area contributed by atoms with E-state index in [-0.39, 0.29) is 6.04 Å². The second kappa shape index (κ2) is 8.66. The van der Waals surface area contributed by atoms with Gasteiger partial charge in [0.05, 0.1) is 25.0 Å². The zero-order chi connectivity index (χ0) is 15.1. The highest BCUT2D eigenvalue weighted by Gasteiger charge is 2.23. The van der Waals surface area contributed by atoms with Crippen molar-refractivity contribution in [1.82, 2.24) is 15.2 Å². The van der Waals surface area contributed by atoms with Crippen molar-refractivity contribution in [3.8, 4) is 5.75 Å². The SMILES string of the molecule is CCCn1ncc(OC)c1C(CSC1CCCCC1)NN. The molecule has 5 nitrogen and oxygen atoms in total. The minimum Gasteiger partial charge on any atom is -0.493 e. The number of aryl methyl sites for hydroxylation is 1. The number of thioether (sulfide) groups is 1. The molecule has 0 aromatic carbocycles. The van der Waals surface area contributed by atoms with Gasteiger partial charge >= 0.3 is 0 Å². The maximum atomic E-state index is 5.81. The minimum atomic E-state index is 0.0842. The van der Waals surface area contributed by atoms with Crippen molar-refractivity contribution in [1.29, 1.82) is 0 Å². The quantitative estimate of drug-likeness (QED) is 0.571. The Balaban J connectivity index is 2.03. The lowest BCUT2D eigenvalue weighted by Gasteiger charge is -2.24. The topological polar surface area (TPSA) is 65.1 Å². The van der Waals surface area contributed by atoms with Crippen molar-refractivity contribution in [2.45, 2.75) is 63.3 Å². The van der Waals surface area contributed by atoms with Crippen LogP contribution in [0.25, 0.3) is 0 Å². The van der Waals surface area contributed by atoms with Gasteiger partial charge in [-0.3, -0.25) is 16.0 Å². The normalized spacial score (nSPS) is 17.9. The second-order valence-corrected chi connectivity index (χ2v) is 6.97. The first-order chi connectivity index (χ1) is 10.3. The molecule has 3 N–H and O–H groups in total. The summed E-state index contributed by atoms with van der Waals surface area (Å²) in [5.41, 5.74) is 4.03. The number of ether oxygens (including phenoxy) is 1. The van der Waals surface area contributed by atoms with Crippen LogP contribution in [0.3, 0.4) is 0 Å². The maximum Gasteiger partial charge on any atom is 0.161 e. The Morgan fingerprint density at radius 3 is 2.86 bits per heavy atom. The molecular weight excluding hydrogens is 284 g/mol. The van der Waals surface area contributed by atoms with Crippen molar-refractivity contribution < 1.29 is 4.74 Å². The highest BCUT2D eigenvalue weighted by Crippen LogP contribution is 2.33. The highest BCUT2D eigenvalue weighted by molar-refractivity contribution is 7.99. The Kier molecular flexibility index (Phi) is 6.86. The van der Waals surface area contributed by atoms with E-state index in [1.54, 1.807) is 13.3 Å². The lowest BCUT2D eigenvalue weighted by Crippen LogP contribution is -2.32. The van der Waals surface area contributed by atoms with Crippen LogP contribution in [0.5, 0.6) is 5.75 Å². The van der Waals surface area contributed by atoms with Crippen LogP contribution in [0.15, 0.2) is 6.20 Å². The Bertz CT molecular complexity index is 418. The predicted octanol–water partition coefficient (Wildman–Crippen LogP) is 2.87. The first-order valence-electron chi connectivity index (χ1n) is 7.97. The Labute approximate surface area is 132 Å². The molecule has 2 rings (SSSR count). The summed E-state index contributed by atoms with van der Waals surface area (Å²) in [6.07, 6.45) is 9.66. The fourth-order valence-corrected chi connectivity index (χ4v) is 4.33. The molecule has 0 radical (unpaired) electrons. The van der Waals surface area contributed by atoms with Crippen molar-refractivity contribution in [3.63, 3.8) is 0 Å². The standard InChI is InChI=1S/C15H28N4OS/c1-3-9-19-15(14(20-2)10-17-19)13(18-16)11-21-12-7-5-4-6-8-12/h10,12-13,18H,3-9,11,16H2,1-2H3. The average molecular weight is 312 g/mol. The molecule has 120 valence electrons. The molecule has 6 heteroatoms. The minimum absolute atomic E-state index is 0.0842. The number of hydrogen-bond donors (Lipinski definition) is 2. The first-order valence-corrected chi connectivity index (χ1v) is 9.02. The van der Waals surface area contributed by atoms with Gasteiger partial charge in [0.25, 0.3) is 0 Å². The fraction of sp³-hybridized carbons (Fsp3) is 0.800. The summed E-state index contributed by atoms with van der Waals surface area (Å²) in [4.78, 5) is 0. The van der Waals surface area contributed by atoms with E-state index < -0.39 is 0 Å². The molecule has 0 saturated heterocycles. The summed E-state index contributed by atoms with van der Waals surface area (Å²) in [6, 6.07) is 0.0842. The monoisotopic (exact) mass is 312 g/mol. The number of nitrogens with two attached hydrogens (primary N) is 1. The molecule has 1 saturated carbocycles. The van der Waals surface area contributed by atoms with Crippen LogP contribution >= 0.6 is 11.8 Å². The van der Waals surface area contributed by atoms with Gasteiger partial charge in [-0.25, -0.2) is 0 Å². The van der Waals surface area contributed by atoms with Gasteiger partial charge in [-0.15, -0.1) is 0 Å². The molecule has 0 amide bonds. The number of aromatic nitrogens is 2. The third-order valence-electron chi connectivity index (χ3n) is 4.08. The van der Waals surface area contributed by atoms with Crippen LogP contribution in [0.1, 0.15) is 57.2 Å². The lowest BCUT2D eigenvalue weighted by molar-refractivity contribution is 0.396. The summed E-state index contributed by atoms with van der Waals surface area (Å²) in [5.74, 6) is 7.60. The molecule has 0 bridgehead atoms. The van der Waals surface area contributed by atoms with E-state index in [9.17, 15) is 0 Å². The fourth-order valence-electron chi connectivity index (χ4n) is 2.95. The Hall–Kier alpha value is -0.720. The summed E-state index contributed by atoms with van der Waals surface area (Å²) in [5, 5.41) is 5.21. The highest BCUT2D eigenvalue weighted by atomic mass is 32.2. The number of hydrogen-bond acceptors (Lipinski definition) is 5. The zero-order valence-corrected chi connectivity index (χ0v) is 14.0. The van der Waals surface area contributed by atoms with Gasteiger partial charge < -0.3 is 4.74 Å². The number of nitrogens with one attached hydrogen (secondary N) is 1. The third-order valence-corrected chi connectivity index (χ3v) is 5.55. The van der Waals surface area contributed by atoms with Crippen LogP contribution in [0, 0.1) is 0 Å². The van der Waals surface area contributed by atoms with Gasteiger partial charge in [0.2, 0.25) is 0 Å². The molecule has 21 heavy (non-hydrogen) atoms. The molecule has 1 aromatic rings. The third kappa shape index (κ3) is 4.37. The molecule has 1 atom stereocenters. The smallest absolute Gasteiger partial charge is 0.161 e. The molecule has 1 aliphatic carbocycles. The predicted molar refractivity (Wildman–Crippen MR) is 88.5 cm³/mol. The molecule has 1 aromatic heterocycles. The maximum absolute atomic E-state index is 5.81. The summed E-state index contributed by atoms with van der Waals surface area (Å²) < 4.78 is 7.48. The van der Waals surface area contributed by atoms with Gasteiger partial charge in [0, 0.05) is 17.5 Å². The first kappa shape index (κ1) is 16.6. The largest absolute Gasteiger partial charge is 0.493 e. The van der Waals surface area contributed by atoms with Crippen LogP contribution in [-0.4, -0.2) is 27.9 Å². The van der Waals surface area contributed by atoms with Crippen LogP contribution in [0.2, 0.25) is 0 Å². The van der Waals surface area contributed by atoms with Crippen molar-refractivity contribution in [2.75, 3.05) is 12.9 Å². The van der Waals surface area contributed by atoms with Gasteiger partial charge in [-0.1, -0.05) is 26.2 Å². The van der Waals surface area contributed by atoms with E-state index in [4.69, 9.17) is 10.6 Å². The van der Waals surface area contributed by atoms with E-state index in [1.807, 2.05) is 16.4 Å². The molecule has 1 heterocycles. The van der Waals surface area contributed by atoms with E-state index >= 15 is 0 Å². The summed E-state index contributed by atoms with van der Waals surface area (Å²) >= 11 is 2.04. The van der Waals surface area contributed by atoms with Gasteiger partial charge in [0.15, 0.2) is 5.75 Å². The van der Waals surface area contributed by atoms with Crippen molar-refractivity contribution in [3.05, 3.63) is 11.9 Å². The molecule has 0 aliphatic heterocycles. The summed E-state index contributed by atoms with van der Waals surface area (Å²) in [7, 11) is 1.69. The van der Waals surface area contributed by atoms with Gasteiger partial charge in [-0.05, 0) is 19.3 Å². The molecule has 0 spiro atoms. The lowest BCUT2D eigenvalue weighted by atomic mass is 10.0. The molecule has 1 aliphatic rings. The Morgan fingerprint density at radius 2 is 2.24 bits per heavy atom. The average Bonchev–Trinajstić information content (AvgIpc) is 2.92. The van der Waals surface area contributed by atoms with E-state index in [1.165, 1.54) is 32.1 Å². The van der Waals surface area contributed by atoms with Gasteiger partial charge in [-0.2, -0.15) is 16.9 Å².